The summed E-state index contributed by atoms with van der Waals surface area (Å²) in [4.78, 5) is 25.3. The first-order chi connectivity index (χ1) is 12.4. The summed E-state index contributed by atoms with van der Waals surface area (Å²) in [6.07, 6.45) is 0. The van der Waals surface area contributed by atoms with Gasteiger partial charge in [0.05, 0.1) is 12.1 Å². The number of amides is 3. The number of benzene rings is 1. The van der Waals surface area contributed by atoms with Gasteiger partial charge in [-0.2, -0.15) is 0 Å². The molecule has 3 N–H and O–H groups in total. The molecule has 0 saturated carbocycles. The van der Waals surface area contributed by atoms with Crippen LogP contribution in [-0.4, -0.2) is 31.6 Å². The SMILES string of the molecule is COc1cc(F)c(C2CNC(=O)C2NC(=O)Nc2ccc(C)s2)c(F)c1. The lowest BCUT2D eigenvalue weighted by Gasteiger charge is -2.20. The Labute approximate surface area is 152 Å². The quantitative estimate of drug-likeness (QED) is 0.762. The van der Waals surface area contributed by atoms with E-state index in [0.717, 1.165) is 17.0 Å². The van der Waals surface area contributed by atoms with Crippen LogP contribution in [0, 0.1) is 18.6 Å². The van der Waals surface area contributed by atoms with Crippen molar-refractivity contribution in [3.8, 4) is 5.75 Å². The van der Waals surface area contributed by atoms with E-state index in [2.05, 4.69) is 16.0 Å². The highest BCUT2D eigenvalue weighted by atomic mass is 32.1. The molecule has 0 radical (unpaired) electrons. The monoisotopic (exact) mass is 381 g/mol. The number of carbonyl (C=O) groups excluding carboxylic acids is 2. The van der Waals surface area contributed by atoms with Crippen molar-refractivity contribution >= 4 is 28.3 Å². The number of ether oxygens (including phenoxy) is 1. The average Bonchev–Trinajstić information content (AvgIpc) is 3.14. The molecule has 6 nitrogen and oxygen atoms in total. The summed E-state index contributed by atoms with van der Waals surface area (Å²) in [6.45, 7) is 1.91. The second-order valence-electron chi connectivity index (χ2n) is 5.84. The summed E-state index contributed by atoms with van der Waals surface area (Å²) in [5.41, 5.74) is -0.263. The summed E-state index contributed by atoms with van der Waals surface area (Å²) >= 11 is 1.37. The van der Waals surface area contributed by atoms with Gasteiger partial charge in [0.2, 0.25) is 5.91 Å². The van der Waals surface area contributed by atoms with Crippen molar-refractivity contribution in [2.45, 2.75) is 18.9 Å². The fourth-order valence-electron chi connectivity index (χ4n) is 2.88. The molecule has 1 aromatic carbocycles. The van der Waals surface area contributed by atoms with Crippen molar-refractivity contribution < 1.29 is 23.1 Å². The molecule has 0 spiro atoms. The predicted molar refractivity (Wildman–Crippen MR) is 93.7 cm³/mol. The summed E-state index contributed by atoms with van der Waals surface area (Å²) in [7, 11) is 1.30. The number of urea groups is 1. The maximum atomic E-state index is 14.4. The van der Waals surface area contributed by atoms with Crippen LogP contribution < -0.4 is 20.7 Å². The first-order valence-electron chi connectivity index (χ1n) is 7.83. The van der Waals surface area contributed by atoms with Gasteiger partial charge in [-0.15, -0.1) is 11.3 Å². The molecule has 1 aliphatic heterocycles. The van der Waals surface area contributed by atoms with Gasteiger partial charge in [-0.05, 0) is 19.1 Å². The first kappa shape index (κ1) is 18.1. The van der Waals surface area contributed by atoms with Crippen molar-refractivity contribution in [3.63, 3.8) is 0 Å². The van der Waals surface area contributed by atoms with Crippen molar-refractivity contribution in [1.29, 1.82) is 0 Å². The van der Waals surface area contributed by atoms with Crippen LogP contribution in [0.5, 0.6) is 5.75 Å². The Kier molecular flexibility index (Phi) is 5.08. The highest BCUT2D eigenvalue weighted by molar-refractivity contribution is 7.16. The summed E-state index contributed by atoms with van der Waals surface area (Å²) in [5, 5.41) is 8.25. The normalized spacial score (nSPS) is 19.2. The van der Waals surface area contributed by atoms with Crippen LogP contribution in [0.2, 0.25) is 0 Å². The maximum absolute atomic E-state index is 14.4. The lowest BCUT2D eigenvalue weighted by molar-refractivity contribution is -0.120. The zero-order valence-corrected chi connectivity index (χ0v) is 14.9. The number of halogens is 2. The lowest BCUT2D eigenvalue weighted by atomic mass is 9.93. The third kappa shape index (κ3) is 3.62. The van der Waals surface area contributed by atoms with Crippen LogP contribution in [0.1, 0.15) is 16.4 Å². The minimum Gasteiger partial charge on any atom is -0.497 e. The third-order valence-electron chi connectivity index (χ3n) is 4.10. The number of thiophene rings is 1. The number of hydrogen-bond acceptors (Lipinski definition) is 4. The molecule has 2 atom stereocenters. The fourth-order valence-corrected chi connectivity index (χ4v) is 3.64. The molecule has 1 fully saturated rings. The van der Waals surface area contributed by atoms with E-state index in [1.54, 1.807) is 6.07 Å². The van der Waals surface area contributed by atoms with Crippen molar-refractivity contribution in [2.24, 2.45) is 0 Å². The van der Waals surface area contributed by atoms with Gasteiger partial charge in [0, 0.05) is 35.0 Å². The fraction of sp³-hybridized carbons (Fsp3) is 0.294. The van der Waals surface area contributed by atoms with Crippen LogP contribution >= 0.6 is 11.3 Å². The third-order valence-corrected chi connectivity index (χ3v) is 5.02. The zero-order chi connectivity index (χ0) is 18.8. The van der Waals surface area contributed by atoms with E-state index in [-0.39, 0.29) is 17.9 Å². The second kappa shape index (κ2) is 7.28. The Morgan fingerprint density at radius 3 is 2.58 bits per heavy atom. The highest BCUT2D eigenvalue weighted by Gasteiger charge is 2.40. The van der Waals surface area contributed by atoms with Gasteiger partial charge in [0.25, 0.3) is 0 Å². The number of carbonyl (C=O) groups is 2. The van der Waals surface area contributed by atoms with Crippen molar-refractivity contribution in [3.05, 3.63) is 46.3 Å². The second-order valence-corrected chi connectivity index (χ2v) is 7.13. The Balaban J connectivity index is 1.80. The topological polar surface area (TPSA) is 79.5 Å². The average molecular weight is 381 g/mol. The van der Waals surface area contributed by atoms with E-state index in [9.17, 15) is 18.4 Å². The summed E-state index contributed by atoms with van der Waals surface area (Å²) in [6, 6.07) is 3.96. The van der Waals surface area contributed by atoms with Crippen molar-refractivity contribution in [1.82, 2.24) is 10.6 Å². The summed E-state index contributed by atoms with van der Waals surface area (Å²) in [5.74, 6) is -2.99. The Bertz CT molecular complexity index is 833. The largest absolute Gasteiger partial charge is 0.497 e. The van der Waals surface area contributed by atoms with Gasteiger partial charge in [0.15, 0.2) is 0 Å². The Morgan fingerprint density at radius 2 is 2.00 bits per heavy atom. The molecular weight excluding hydrogens is 364 g/mol. The Hall–Kier alpha value is -2.68. The Morgan fingerprint density at radius 1 is 1.31 bits per heavy atom. The van der Waals surface area contributed by atoms with Gasteiger partial charge in [-0.25, -0.2) is 13.6 Å². The maximum Gasteiger partial charge on any atom is 0.320 e. The molecule has 1 aromatic heterocycles. The van der Waals surface area contributed by atoms with Crippen LogP contribution in [0.4, 0.5) is 18.6 Å². The molecule has 138 valence electrons. The van der Waals surface area contributed by atoms with Crippen LogP contribution in [0.25, 0.3) is 0 Å². The van der Waals surface area contributed by atoms with Gasteiger partial charge in [0.1, 0.15) is 23.4 Å². The molecule has 2 aromatic rings. The number of aryl methyl sites for hydroxylation is 1. The molecule has 1 saturated heterocycles. The van der Waals surface area contributed by atoms with Gasteiger partial charge < -0.3 is 15.4 Å². The molecule has 2 unspecified atom stereocenters. The highest BCUT2D eigenvalue weighted by Crippen LogP contribution is 2.31. The van der Waals surface area contributed by atoms with E-state index in [4.69, 9.17) is 4.74 Å². The molecule has 3 amide bonds. The molecular formula is C17H17F2N3O3S. The molecule has 9 heteroatoms. The van der Waals surface area contributed by atoms with E-state index in [0.29, 0.717) is 5.00 Å². The van der Waals surface area contributed by atoms with E-state index >= 15 is 0 Å². The minimum atomic E-state index is -1.09. The number of methoxy groups -OCH3 is 1. The van der Waals surface area contributed by atoms with Gasteiger partial charge >= 0.3 is 6.03 Å². The van der Waals surface area contributed by atoms with E-state index in [1.165, 1.54) is 18.4 Å². The molecule has 0 bridgehead atoms. The predicted octanol–water partition coefficient (Wildman–Crippen LogP) is 2.75. The molecule has 26 heavy (non-hydrogen) atoms. The molecule has 2 heterocycles. The van der Waals surface area contributed by atoms with Gasteiger partial charge in [-0.1, -0.05) is 0 Å². The van der Waals surface area contributed by atoms with Crippen LogP contribution in [0.3, 0.4) is 0 Å². The lowest BCUT2D eigenvalue weighted by Crippen LogP contribution is -2.45. The molecule has 1 aliphatic rings. The van der Waals surface area contributed by atoms with Gasteiger partial charge in [-0.3, -0.25) is 10.1 Å². The van der Waals surface area contributed by atoms with E-state index in [1.807, 2.05) is 13.0 Å². The molecule has 0 aliphatic carbocycles. The smallest absolute Gasteiger partial charge is 0.320 e. The van der Waals surface area contributed by atoms with E-state index < -0.39 is 35.5 Å². The van der Waals surface area contributed by atoms with Crippen molar-refractivity contribution in [2.75, 3.05) is 19.0 Å². The molecule has 3 rings (SSSR count). The van der Waals surface area contributed by atoms with Crippen LogP contribution in [-0.2, 0) is 4.79 Å². The number of nitrogens with one attached hydrogen (secondary N) is 3. The number of rotatable bonds is 4. The standard InChI is InChI=1S/C17H17F2N3O3S/c1-8-3-4-13(26-8)21-17(24)22-15-10(7-20-16(15)23)14-11(18)5-9(25-2)6-12(14)19/h3-6,10,15H,7H2,1-2H3,(H,20,23)(H2,21,22,24). The van der Waals surface area contributed by atoms with Crippen LogP contribution in [0.15, 0.2) is 24.3 Å². The summed E-state index contributed by atoms with van der Waals surface area (Å²) < 4.78 is 33.5. The zero-order valence-electron chi connectivity index (χ0n) is 14.1. The minimum absolute atomic E-state index is 0.0159. The number of hydrogen-bond donors (Lipinski definition) is 3. The first-order valence-corrected chi connectivity index (χ1v) is 8.65. The number of anilines is 1.